The number of unbranched alkanes of at least 4 members (excludes halogenated alkanes) is 38. The highest BCUT2D eigenvalue weighted by atomic mass is 31.2. The van der Waals surface area contributed by atoms with Crippen molar-refractivity contribution in [2.75, 3.05) is 40.9 Å². The van der Waals surface area contributed by atoms with Gasteiger partial charge in [-0.25, -0.2) is 4.57 Å². The molecule has 0 aromatic rings. The first-order valence-electron chi connectivity index (χ1n) is 35.3. The third kappa shape index (κ3) is 63.8. The molecule has 2 N–H and O–H groups in total. The number of phosphoric acid groups is 1. The quantitative estimate of drug-likeness (QED) is 0.0205. The molecule has 3 atom stereocenters. The predicted octanol–water partition coefficient (Wildman–Crippen LogP) is 22.3. The average Bonchev–Trinajstić information content (AvgIpc) is 3.52. The van der Waals surface area contributed by atoms with Crippen molar-refractivity contribution >= 4 is 19.7 Å². The van der Waals surface area contributed by atoms with Gasteiger partial charge in [-0.3, -0.25) is 18.6 Å². The van der Waals surface area contributed by atoms with E-state index in [9.17, 15) is 19.0 Å². The van der Waals surface area contributed by atoms with Gasteiger partial charge in [-0.15, -0.1) is 0 Å². The van der Waals surface area contributed by atoms with E-state index < -0.39 is 20.0 Å². The Morgan fingerprint density at radius 2 is 0.735 bits per heavy atom. The van der Waals surface area contributed by atoms with Crippen molar-refractivity contribution in [3.63, 3.8) is 0 Å². The fraction of sp³-hybridized carbons (Fsp3) is 0.808. The van der Waals surface area contributed by atoms with E-state index in [0.717, 1.165) is 89.9 Å². The zero-order valence-corrected chi connectivity index (χ0v) is 56.3. The van der Waals surface area contributed by atoms with E-state index in [1.54, 1.807) is 0 Å². The average molecular weight is 1180 g/mol. The van der Waals surface area contributed by atoms with Gasteiger partial charge in [-0.05, 0) is 102 Å². The number of esters is 1. The molecule has 0 aromatic carbocycles. The Morgan fingerprint density at radius 1 is 0.422 bits per heavy atom. The Kier molecular flexibility index (Phi) is 60.6. The zero-order chi connectivity index (χ0) is 60.7. The fourth-order valence-corrected chi connectivity index (χ4v) is 10.9. The van der Waals surface area contributed by atoms with Crippen molar-refractivity contribution in [3.05, 3.63) is 72.9 Å². The van der Waals surface area contributed by atoms with Gasteiger partial charge in [0.25, 0.3) is 0 Å². The number of allylic oxidation sites excluding steroid dienone is 11. The molecule has 0 fully saturated rings. The number of quaternary nitrogens is 1. The van der Waals surface area contributed by atoms with Crippen LogP contribution in [-0.2, 0) is 27.9 Å². The molecule has 0 aromatic heterocycles. The summed E-state index contributed by atoms with van der Waals surface area (Å²) in [7, 11) is 1.49. The standard InChI is InChI=1S/C73H135N2O7P/c1-7-10-13-16-19-22-25-27-29-31-33-34-35-36-37-38-39-40-42-44-46-48-51-54-57-60-63-66-73(77)82-71(64-61-58-55-52-49-24-21-18-15-12-9-3)70(69-81-83(78,79)80-68-67-75(4,5)6)74-72(76)65-62-59-56-53-50-47-45-43-41-32-30-28-26-23-20-17-14-11-8-2/h19-20,22-23,27-30,41,43,61,64,70-71H,7-18,21,24-26,31-40,42,44-60,62-63,65-69H2,1-6H3,(H-,74,76,78,79)/p+1/b22-19-,23-20-,29-27-,30-28-,43-41-,64-61-. The minimum absolute atomic E-state index is 0.0365. The van der Waals surface area contributed by atoms with Crippen molar-refractivity contribution in [2.24, 2.45) is 0 Å². The van der Waals surface area contributed by atoms with Crippen LogP contribution in [0.1, 0.15) is 329 Å². The molecule has 0 aliphatic rings. The maximum Gasteiger partial charge on any atom is 0.472 e. The van der Waals surface area contributed by atoms with Crippen LogP contribution >= 0.6 is 7.82 Å². The lowest BCUT2D eigenvalue weighted by Gasteiger charge is -2.27. The Hall–Kier alpha value is -2.55. The van der Waals surface area contributed by atoms with Crippen LogP contribution < -0.4 is 5.32 Å². The van der Waals surface area contributed by atoms with Crippen LogP contribution in [0.3, 0.4) is 0 Å². The molecule has 0 saturated heterocycles. The predicted molar refractivity (Wildman–Crippen MR) is 360 cm³/mol. The molecule has 0 aliphatic carbocycles. The second kappa shape index (κ2) is 62.5. The molecule has 3 unspecified atom stereocenters. The van der Waals surface area contributed by atoms with Gasteiger partial charge in [-0.1, -0.05) is 287 Å². The molecule has 0 aliphatic heterocycles. The van der Waals surface area contributed by atoms with E-state index in [-0.39, 0.29) is 31.5 Å². The summed E-state index contributed by atoms with van der Waals surface area (Å²) in [6.45, 7) is 6.98. The number of rotatable bonds is 64. The lowest BCUT2D eigenvalue weighted by Crippen LogP contribution is -2.47. The number of ether oxygens (including phenoxy) is 1. The van der Waals surface area contributed by atoms with Crippen LogP contribution in [0.2, 0.25) is 0 Å². The first-order valence-corrected chi connectivity index (χ1v) is 36.8. The molecule has 83 heavy (non-hydrogen) atoms. The third-order valence-electron chi connectivity index (χ3n) is 15.6. The smallest absolute Gasteiger partial charge is 0.456 e. The highest BCUT2D eigenvalue weighted by molar-refractivity contribution is 7.47. The summed E-state index contributed by atoms with van der Waals surface area (Å²) in [4.78, 5) is 37.8. The van der Waals surface area contributed by atoms with Crippen LogP contribution in [0.25, 0.3) is 0 Å². The summed E-state index contributed by atoms with van der Waals surface area (Å²) in [5.41, 5.74) is 0. The van der Waals surface area contributed by atoms with Gasteiger partial charge in [0.1, 0.15) is 19.3 Å². The van der Waals surface area contributed by atoms with E-state index in [1.807, 2.05) is 33.3 Å². The topological polar surface area (TPSA) is 111 Å². The molecule has 0 heterocycles. The van der Waals surface area contributed by atoms with Crippen LogP contribution in [0.5, 0.6) is 0 Å². The van der Waals surface area contributed by atoms with E-state index in [2.05, 4.69) is 86.8 Å². The molecule has 0 radical (unpaired) electrons. The Labute approximate surface area is 514 Å². The third-order valence-corrected chi connectivity index (χ3v) is 16.6. The molecule has 0 bridgehead atoms. The number of nitrogens with one attached hydrogen (secondary N) is 1. The molecule has 10 heteroatoms. The lowest BCUT2D eigenvalue weighted by molar-refractivity contribution is -0.870. The maximum atomic E-state index is 13.6. The first-order chi connectivity index (χ1) is 40.4. The minimum atomic E-state index is -4.46. The van der Waals surface area contributed by atoms with E-state index >= 15 is 0 Å². The number of amides is 1. The molecule has 484 valence electrons. The number of hydrogen-bond acceptors (Lipinski definition) is 6. The van der Waals surface area contributed by atoms with Crippen LogP contribution in [0.4, 0.5) is 0 Å². The number of phosphoric ester groups is 1. The number of likely N-dealkylation sites (N-methyl/N-ethyl adjacent to an activating group) is 1. The maximum absolute atomic E-state index is 13.6. The van der Waals surface area contributed by atoms with E-state index in [1.165, 1.54) is 205 Å². The first kappa shape index (κ1) is 80.5. The second-order valence-corrected chi connectivity index (χ2v) is 26.5. The molecular weight excluding hydrogens is 1050 g/mol. The van der Waals surface area contributed by atoms with Crippen molar-refractivity contribution in [1.82, 2.24) is 5.32 Å². The Bertz CT molecular complexity index is 1650. The number of hydrogen-bond donors (Lipinski definition) is 2. The van der Waals surface area contributed by atoms with Gasteiger partial charge in [-0.2, -0.15) is 0 Å². The largest absolute Gasteiger partial charge is 0.472 e. The fourth-order valence-electron chi connectivity index (χ4n) is 10.2. The number of carbonyl (C=O) groups excluding carboxylic acids is 2. The van der Waals surface area contributed by atoms with Crippen molar-refractivity contribution in [2.45, 2.75) is 341 Å². The Morgan fingerprint density at radius 3 is 1.12 bits per heavy atom. The summed E-state index contributed by atoms with van der Waals surface area (Å²) < 4.78 is 30.8. The van der Waals surface area contributed by atoms with Crippen LogP contribution in [-0.4, -0.2) is 74.3 Å². The van der Waals surface area contributed by atoms with Gasteiger partial charge >= 0.3 is 13.8 Å². The molecule has 0 spiro atoms. The van der Waals surface area contributed by atoms with Crippen molar-refractivity contribution < 1.29 is 37.3 Å². The highest BCUT2D eigenvalue weighted by Gasteiger charge is 2.30. The molecule has 1 amide bonds. The summed E-state index contributed by atoms with van der Waals surface area (Å²) in [6.07, 6.45) is 82.0. The van der Waals surface area contributed by atoms with Gasteiger partial charge < -0.3 is 19.4 Å². The Balaban J connectivity index is 5.00. The molecule has 9 nitrogen and oxygen atoms in total. The summed E-state index contributed by atoms with van der Waals surface area (Å²) in [5, 5.41) is 3.06. The lowest BCUT2D eigenvalue weighted by atomic mass is 10.0. The van der Waals surface area contributed by atoms with Gasteiger partial charge in [0, 0.05) is 12.8 Å². The van der Waals surface area contributed by atoms with Gasteiger partial charge in [0.05, 0.1) is 33.8 Å². The zero-order valence-electron chi connectivity index (χ0n) is 55.4. The summed E-state index contributed by atoms with van der Waals surface area (Å²) in [6, 6.07) is -0.857. The van der Waals surface area contributed by atoms with Gasteiger partial charge in [0.2, 0.25) is 5.91 Å². The second-order valence-electron chi connectivity index (χ2n) is 25.0. The monoisotopic (exact) mass is 1180 g/mol. The normalized spacial score (nSPS) is 14.0. The summed E-state index contributed by atoms with van der Waals surface area (Å²) >= 11 is 0. The molecule has 0 rings (SSSR count). The summed E-state index contributed by atoms with van der Waals surface area (Å²) in [5.74, 6) is -0.511. The molecule has 0 saturated carbocycles. The highest BCUT2D eigenvalue weighted by Crippen LogP contribution is 2.43. The molecular formula is C73H136N2O7P+. The van der Waals surface area contributed by atoms with Crippen LogP contribution in [0, 0.1) is 0 Å². The minimum Gasteiger partial charge on any atom is -0.456 e. The number of nitrogens with zero attached hydrogens (tertiary/aromatic N) is 1. The van der Waals surface area contributed by atoms with Crippen LogP contribution in [0.15, 0.2) is 72.9 Å². The van der Waals surface area contributed by atoms with E-state index in [4.69, 9.17) is 13.8 Å². The van der Waals surface area contributed by atoms with Crippen molar-refractivity contribution in [3.8, 4) is 0 Å². The van der Waals surface area contributed by atoms with Gasteiger partial charge in [0.15, 0.2) is 0 Å². The van der Waals surface area contributed by atoms with Crippen molar-refractivity contribution in [1.29, 1.82) is 0 Å². The SMILES string of the molecule is CCCCC/C=C\C/C=C\C/C=C\CCCCCCCCC(=O)NC(COP(=O)(O)OCC[N+](C)(C)C)C(/C=C\CCCCCCCCCCC)OC(=O)CCCCCCCCCCCCCCCCCCC/C=C\C/C=C\CCCCC. The van der Waals surface area contributed by atoms with E-state index in [0.29, 0.717) is 17.4 Å². The number of carbonyl (C=O) groups is 2.